The van der Waals surface area contributed by atoms with Crippen molar-refractivity contribution < 1.29 is 10.3 Å². The Labute approximate surface area is 96.7 Å². The molecule has 82 valence electrons. The minimum Gasteiger partial charge on any atom is -0.409 e. The van der Waals surface area contributed by atoms with Gasteiger partial charge in [-0.05, 0) is 18.2 Å². The first kappa shape index (κ1) is 12.2. The second-order valence-corrected chi connectivity index (χ2v) is 4.27. The van der Waals surface area contributed by atoms with E-state index in [9.17, 15) is 0 Å². The molecule has 15 heavy (non-hydrogen) atoms. The van der Waals surface area contributed by atoms with E-state index >= 15 is 0 Å². The fraction of sp³-hybridized carbons (Fsp3) is 0.222. The summed E-state index contributed by atoms with van der Waals surface area (Å²) in [5.74, 6) is 0.568. The van der Waals surface area contributed by atoms with Crippen molar-refractivity contribution in [1.82, 2.24) is 0 Å². The van der Waals surface area contributed by atoms with E-state index in [-0.39, 0.29) is 12.4 Å². The molecule has 0 aromatic heterocycles. The van der Waals surface area contributed by atoms with E-state index in [1.54, 1.807) is 18.2 Å². The first-order valence-electron chi connectivity index (χ1n) is 4.20. The fourth-order valence-corrected chi connectivity index (χ4v) is 2.12. The third-order valence-electron chi connectivity index (χ3n) is 1.68. The number of thioether (sulfide) groups is 1. The highest BCUT2D eigenvalue weighted by molar-refractivity contribution is 7.99. The highest BCUT2D eigenvalue weighted by atomic mass is 35.5. The van der Waals surface area contributed by atoms with E-state index in [0.717, 1.165) is 4.90 Å². The summed E-state index contributed by atoms with van der Waals surface area (Å²) < 4.78 is 0. The summed E-state index contributed by atoms with van der Waals surface area (Å²) in [5.41, 5.74) is 6.11. The number of nitrogens with zero attached hydrogens (tertiary/aromatic N) is 1. The quantitative estimate of drug-likeness (QED) is 0.247. The van der Waals surface area contributed by atoms with E-state index in [4.69, 9.17) is 27.6 Å². The summed E-state index contributed by atoms with van der Waals surface area (Å²) in [6.07, 6.45) is 0. The number of oxime groups is 1. The van der Waals surface area contributed by atoms with E-state index in [2.05, 4.69) is 5.16 Å². The van der Waals surface area contributed by atoms with Gasteiger partial charge in [0.25, 0.3) is 0 Å². The first-order valence-corrected chi connectivity index (χ1v) is 5.56. The fourth-order valence-electron chi connectivity index (χ4n) is 1.04. The van der Waals surface area contributed by atoms with Crippen LogP contribution in [0.25, 0.3) is 0 Å². The number of hydrogen-bond acceptors (Lipinski definition) is 4. The molecular formula is C9H11ClN2O2S. The van der Waals surface area contributed by atoms with Gasteiger partial charge in [-0.15, -0.1) is 11.8 Å². The molecule has 0 radical (unpaired) electrons. The third kappa shape index (κ3) is 3.30. The zero-order valence-electron chi connectivity index (χ0n) is 7.85. The molecule has 0 unspecified atom stereocenters. The second-order valence-electron chi connectivity index (χ2n) is 2.70. The predicted octanol–water partition coefficient (Wildman–Crippen LogP) is 1.52. The molecule has 1 aromatic carbocycles. The summed E-state index contributed by atoms with van der Waals surface area (Å²) in [5, 5.41) is 20.8. The molecule has 0 bridgehead atoms. The average molecular weight is 247 g/mol. The maximum Gasteiger partial charge on any atom is 0.171 e. The molecule has 0 saturated carbocycles. The van der Waals surface area contributed by atoms with Crippen LogP contribution in [0.3, 0.4) is 0 Å². The van der Waals surface area contributed by atoms with Crippen LogP contribution in [0.4, 0.5) is 0 Å². The Morgan fingerprint density at radius 2 is 2.27 bits per heavy atom. The molecule has 0 aliphatic heterocycles. The predicted molar refractivity (Wildman–Crippen MR) is 61.8 cm³/mol. The molecule has 4 nitrogen and oxygen atoms in total. The summed E-state index contributed by atoms with van der Waals surface area (Å²) >= 11 is 7.22. The van der Waals surface area contributed by atoms with Crippen LogP contribution in [0.2, 0.25) is 5.02 Å². The second kappa shape index (κ2) is 5.85. The number of aliphatic hydroxyl groups is 1. The van der Waals surface area contributed by atoms with Gasteiger partial charge < -0.3 is 16.0 Å². The van der Waals surface area contributed by atoms with Crippen molar-refractivity contribution >= 4 is 29.2 Å². The smallest absolute Gasteiger partial charge is 0.171 e. The minimum atomic E-state index is 0.0344. The van der Waals surface area contributed by atoms with Crippen LogP contribution in [-0.2, 0) is 0 Å². The van der Waals surface area contributed by atoms with Crippen molar-refractivity contribution in [3.63, 3.8) is 0 Å². The molecule has 0 fully saturated rings. The lowest BCUT2D eigenvalue weighted by Gasteiger charge is -2.07. The van der Waals surface area contributed by atoms with Crippen molar-refractivity contribution in [3.8, 4) is 0 Å². The van der Waals surface area contributed by atoms with Crippen molar-refractivity contribution in [1.29, 1.82) is 0 Å². The Hall–Kier alpha value is -0.910. The minimum absolute atomic E-state index is 0.0344. The number of halogens is 1. The van der Waals surface area contributed by atoms with E-state index < -0.39 is 0 Å². The van der Waals surface area contributed by atoms with Crippen LogP contribution in [0, 0.1) is 0 Å². The Morgan fingerprint density at radius 1 is 1.53 bits per heavy atom. The molecule has 6 heteroatoms. The van der Waals surface area contributed by atoms with Crippen molar-refractivity contribution in [2.45, 2.75) is 4.90 Å². The lowest BCUT2D eigenvalue weighted by Crippen LogP contribution is -2.14. The molecule has 0 heterocycles. The highest BCUT2D eigenvalue weighted by Crippen LogP contribution is 2.25. The number of rotatable bonds is 4. The molecule has 0 amide bonds. The van der Waals surface area contributed by atoms with Gasteiger partial charge in [0.2, 0.25) is 0 Å². The summed E-state index contributed by atoms with van der Waals surface area (Å²) in [6, 6.07) is 5.06. The third-order valence-corrected chi connectivity index (χ3v) is 2.95. The lowest BCUT2D eigenvalue weighted by atomic mass is 10.2. The molecule has 0 spiro atoms. The molecule has 0 aliphatic rings. The van der Waals surface area contributed by atoms with Crippen LogP contribution < -0.4 is 5.73 Å². The van der Waals surface area contributed by atoms with Gasteiger partial charge in [0.05, 0.1) is 6.61 Å². The van der Waals surface area contributed by atoms with Gasteiger partial charge in [0.15, 0.2) is 5.84 Å². The molecular weight excluding hydrogens is 236 g/mol. The van der Waals surface area contributed by atoms with Crippen LogP contribution in [0.15, 0.2) is 28.3 Å². The number of nitrogens with two attached hydrogens (primary N) is 1. The van der Waals surface area contributed by atoms with Crippen LogP contribution in [0.5, 0.6) is 0 Å². The SMILES string of the molecule is NC(=NO)c1ccc(Cl)cc1SCCO. The van der Waals surface area contributed by atoms with Crippen molar-refractivity contribution in [2.24, 2.45) is 10.9 Å². The van der Waals surface area contributed by atoms with Gasteiger partial charge in [-0.1, -0.05) is 16.8 Å². The normalized spacial score (nSPS) is 11.7. The Balaban J connectivity index is 3.03. The van der Waals surface area contributed by atoms with E-state index in [0.29, 0.717) is 16.3 Å². The van der Waals surface area contributed by atoms with Gasteiger partial charge in [-0.25, -0.2) is 0 Å². The van der Waals surface area contributed by atoms with Gasteiger partial charge >= 0.3 is 0 Å². The molecule has 0 atom stereocenters. The maximum atomic E-state index is 8.72. The summed E-state index contributed by atoms with van der Waals surface area (Å²) in [4.78, 5) is 0.784. The molecule has 1 aromatic rings. The first-order chi connectivity index (χ1) is 7.19. The van der Waals surface area contributed by atoms with Gasteiger partial charge in [-0.3, -0.25) is 0 Å². The maximum absolute atomic E-state index is 8.72. The van der Waals surface area contributed by atoms with E-state index in [1.165, 1.54) is 11.8 Å². The summed E-state index contributed by atoms with van der Waals surface area (Å²) in [6.45, 7) is 0.0623. The van der Waals surface area contributed by atoms with Crippen LogP contribution in [-0.4, -0.2) is 28.5 Å². The molecule has 0 saturated heterocycles. The lowest BCUT2D eigenvalue weighted by molar-refractivity contribution is 0.318. The number of aliphatic hydroxyl groups excluding tert-OH is 1. The molecule has 4 N–H and O–H groups in total. The Bertz CT molecular complexity index is 371. The van der Waals surface area contributed by atoms with Gasteiger partial charge in [0, 0.05) is 21.2 Å². The number of hydrogen-bond donors (Lipinski definition) is 3. The zero-order chi connectivity index (χ0) is 11.3. The Kier molecular flexibility index (Phi) is 4.74. The van der Waals surface area contributed by atoms with Gasteiger partial charge in [0.1, 0.15) is 0 Å². The zero-order valence-corrected chi connectivity index (χ0v) is 9.42. The standard InChI is InChI=1S/C9H11ClN2O2S/c10-6-1-2-7(9(11)12-14)8(5-6)15-4-3-13/h1-2,5,13-14H,3-4H2,(H2,11,12). The number of benzene rings is 1. The Morgan fingerprint density at radius 3 is 2.87 bits per heavy atom. The van der Waals surface area contributed by atoms with Crippen LogP contribution >= 0.6 is 23.4 Å². The van der Waals surface area contributed by atoms with Crippen molar-refractivity contribution in [3.05, 3.63) is 28.8 Å². The number of amidine groups is 1. The summed E-state index contributed by atoms with van der Waals surface area (Å²) in [7, 11) is 0. The molecule has 0 aliphatic carbocycles. The molecule has 1 rings (SSSR count). The topological polar surface area (TPSA) is 78.8 Å². The average Bonchev–Trinajstić information content (AvgIpc) is 2.25. The monoisotopic (exact) mass is 246 g/mol. The van der Waals surface area contributed by atoms with E-state index in [1.807, 2.05) is 0 Å². The van der Waals surface area contributed by atoms with Crippen molar-refractivity contribution in [2.75, 3.05) is 12.4 Å². The largest absolute Gasteiger partial charge is 0.409 e. The highest BCUT2D eigenvalue weighted by Gasteiger charge is 2.07. The van der Waals surface area contributed by atoms with Gasteiger partial charge in [-0.2, -0.15) is 0 Å². The van der Waals surface area contributed by atoms with Crippen LogP contribution in [0.1, 0.15) is 5.56 Å².